The van der Waals surface area contributed by atoms with Crippen molar-refractivity contribution in [2.24, 2.45) is 0 Å². The van der Waals surface area contributed by atoms with Gasteiger partial charge in [-0.1, -0.05) is 0 Å². The second-order valence-electron chi connectivity index (χ2n) is 4.17. The molecule has 0 fully saturated rings. The molecule has 1 amide bonds. The molecule has 2 N–H and O–H groups in total. The van der Waals surface area contributed by atoms with E-state index in [0.717, 1.165) is 12.2 Å². The summed E-state index contributed by atoms with van der Waals surface area (Å²) < 4.78 is 0. The van der Waals surface area contributed by atoms with E-state index in [0.29, 0.717) is 12.2 Å². The Labute approximate surface area is 116 Å². The molecule has 2 rings (SSSR count). The number of amides is 1. The van der Waals surface area contributed by atoms with Crippen LogP contribution in [0, 0.1) is 6.92 Å². The Morgan fingerprint density at radius 1 is 1.37 bits per heavy atom. The minimum absolute atomic E-state index is 0.143. The number of hydrogen-bond acceptors (Lipinski definition) is 4. The summed E-state index contributed by atoms with van der Waals surface area (Å²) in [6.45, 7) is 5.45. The number of thiophene rings is 1. The molecule has 100 valence electrons. The summed E-state index contributed by atoms with van der Waals surface area (Å²) in [5.74, 6) is -0.143. The fourth-order valence-corrected chi connectivity index (χ4v) is 2.52. The van der Waals surface area contributed by atoms with Crippen LogP contribution in [0.3, 0.4) is 0 Å². The number of aryl methyl sites for hydroxylation is 1. The van der Waals surface area contributed by atoms with Crippen molar-refractivity contribution in [1.29, 1.82) is 0 Å². The lowest BCUT2D eigenvalue weighted by Crippen LogP contribution is -2.23. The smallest absolute Gasteiger partial charge is 0.270 e. The summed E-state index contributed by atoms with van der Waals surface area (Å²) >= 11 is 1.65. The number of nitrogens with one attached hydrogen (secondary N) is 2. The van der Waals surface area contributed by atoms with E-state index < -0.39 is 0 Å². The Balaban J connectivity index is 1.94. The molecule has 0 aliphatic rings. The molecule has 0 unspecified atom stereocenters. The van der Waals surface area contributed by atoms with Crippen LogP contribution >= 0.6 is 11.3 Å². The Bertz CT molecular complexity index is 548. The summed E-state index contributed by atoms with van der Waals surface area (Å²) in [4.78, 5) is 17.3. The standard InChI is InChI=1S/C14H17N3OS/c1-3-15-11-4-5-12(16-8-11)14(18)17-9-13-10(2)6-7-19-13/h4-8,15H,3,9H2,1-2H3,(H,17,18). The Hall–Kier alpha value is -1.88. The van der Waals surface area contributed by atoms with Gasteiger partial charge in [0.25, 0.3) is 5.91 Å². The Kier molecular flexibility index (Phi) is 4.52. The molecule has 0 aliphatic carbocycles. The number of carbonyl (C=O) groups is 1. The van der Waals surface area contributed by atoms with Crippen molar-refractivity contribution in [2.75, 3.05) is 11.9 Å². The maximum absolute atomic E-state index is 11.9. The zero-order chi connectivity index (χ0) is 13.7. The SMILES string of the molecule is CCNc1ccc(C(=O)NCc2sccc2C)nc1. The van der Waals surface area contributed by atoms with E-state index in [9.17, 15) is 4.79 Å². The van der Waals surface area contributed by atoms with Crippen LogP contribution < -0.4 is 10.6 Å². The van der Waals surface area contributed by atoms with E-state index in [1.165, 1.54) is 10.4 Å². The molecule has 0 aliphatic heterocycles. The van der Waals surface area contributed by atoms with Gasteiger partial charge in [0.2, 0.25) is 0 Å². The van der Waals surface area contributed by atoms with Crippen LogP contribution in [0.4, 0.5) is 5.69 Å². The first-order valence-corrected chi connectivity index (χ1v) is 7.09. The number of carbonyl (C=O) groups excluding carboxylic acids is 1. The Morgan fingerprint density at radius 3 is 2.79 bits per heavy atom. The van der Waals surface area contributed by atoms with Gasteiger partial charge in [-0.15, -0.1) is 11.3 Å². The lowest BCUT2D eigenvalue weighted by molar-refractivity contribution is 0.0946. The second kappa shape index (κ2) is 6.33. The van der Waals surface area contributed by atoms with Gasteiger partial charge in [0.05, 0.1) is 18.4 Å². The predicted molar refractivity (Wildman–Crippen MR) is 78.6 cm³/mol. The highest BCUT2D eigenvalue weighted by atomic mass is 32.1. The molecule has 2 heterocycles. The monoisotopic (exact) mass is 275 g/mol. The zero-order valence-electron chi connectivity index (χ0n) is 11.1. The molecular formula is C14H17N3OS. The summed E-state index contributed by atoms with van der Waals surface area (Å²) in [5.41, 5.74) is 2.57. The fourth-order valence-electron chi connectivity index (χ4n) is 1.67. The third kappa shape index (κ3) is 3.54. The number of pyridine rings is 1. The molecular weight excluding hydrogens is 258 g/mol. The maximum Gasteiger partial charge on any atom is 0.270 e. The van der Waals surface area contributed by atoms with E-state index in [1.54, 1.807) is 23.6 Å². The van der Waals surface area contributed by atoms with Gasteiger partial charge in [-0.3, -0.25) is 4.79 Å². The molecule has 0 saturated carbocycles. The highest BCUT2D eigenvalue weighted by Crippen LogP contribution is 2.15. The average molecular weight is 275 g/mol. The highest BCUT2D eigenvalue weighted by molar-refractivity contribution is 7.10. The van der Waals surface area contributed by atoms with Crippen molar-refractivity contribution in [2.45, 2.75) is 20.4 Å². The van der Waals surface area contributed by atoms with Gasteiger partial charge < -0.3 is 10.6 Å². The summed E-state index contributed by atoms with van der Waals surface area (Å²) in [6.07, 6.45) is 1.68. The topological polar surface area (TPSA) is 54.0 Å². The van der Waals surface area contributed by atoms with Crippen molar-refractivity contribution < 1.29 is 4.79 Å². The van der Waals surface area contributed by atoms with E-state index in [-0.39, 0.29) is 5.91 Å². The van der Waals surface area contributed by atoms with Gasteiger partial charge in [0.15, 0.2) is 0 Å². The minimum Gasteiger partial charge on any atom is -0.384 e. The lowest BCUT2D eigenvalue weighted by Gasteiger charge is -2.06. The fraction of sp³-hybridized carbons (Fsp3) is 0.286. The van der Waals surface area contributed by atoms with Crippen molar-refractivity contribution in [3.8, 4) is 0 Å². The van der Waals surface area contributed by atoms with Crippen LogP contribution in [-0.4, -0.2) is 17.4 Å². The zero-order valence-corrected chi connectivity index (χ0v) is 11.9. The minimum atomic E-state index is -0.143. The van der Waals surface area contributed by atoms with Crippen LogP contribution in [-0.2, 0) is 6.54 Å². The van der Waals surface area contributed by atoms with Crippen LogP contribution in [0.2, 0.25) is 0 Å². The van der Waals surface area contributed by atoms with E-state index in [1.807, 2.05) is 25.3 Å². The van der Waals surface area contributed by atoms with Crippen molar-refractivity contribution in [1.82, 2.24) is 10.3 Å². The summed E-state index contributed by atoms with van der Waals surface area (Å²) in [5, 5.41) is 8.05. The molecule has 2 aromatic heterocycles. The maximum atomic E-state index is 11.9. The van der Waals surface area contributed by atoms with Gasteiger partial charge >= 0.3 is 0 Å². The third-order valence-electron chi connectivity index (χ3n) is 2.75. The molecule has 0 atom stereocenters. The lowest BCUT2D eigenvalue weighted by atomic mass is 10.3. The van der Waals surface area contributed by atoms with Crippen LogP contribution in [0.25, 0.3) is 0 Å². The van der Waals surface area contributed by atoms with Crippen molar-refractivity contribution >= 4 is 22.9 Å². The first-order chi connectivity index (χ1) is 9.20. The normalized spacial score (nSPS) is 10.2. The summed E-state index contributed by atoms with van der Waals surface area (Å²) in [6, 6.07) is 5.64. The first kappa shape index (κ1) is 13.5. The number of nitrogens with zero attached hydrogens (tertiary/aromatic N) is 1. The van der Waals surface area contributed by atoms with E-state index in [4.69, 9.17) is 0 Å². The first-order valence-electron chi connectivity index (χ1n) is 6.21. The van der Waals surface area contributed by atoms with Gasteiger partial charge in [0.1, 0.15) is 5.69 Å². The van der Waals surface area contributed by atoms with Crippen molar-refractivity contribution in [3.63, 3.8) is 0 Å². The quantitative estimate of drug-likeness (QED) is 0.882. The molecule has 0 aromatic carbocycles. The molecule has 0 bridgehead atoms. The van der Waals surface area contributed by atoms with E-state index in [2.05, 4.69) is 21.7 Å². The van der Waals surface area contributed by atoms with Crippen LogP contribution in [0.1, 0.15) is 27.9 Å². The summed E-state index contributed by atoms with van der Waals surface area (Å²) in [7, 11) is 0. The number of rotatable bonds is 5. The largest absolute Gasteiger partial charge is 0.384 e. The van der Waals surface area contributed by atoms with Crippen LogP contribution in [0.15, 0.2) is 29.8 Å². The van der Waals surface area contributed by atoms with Crippen LogP contribution in [0.5, 0.6) is 0 Å². The molecule has 4 nitrogen and oxygen atoms in total. The van der Waals surface area contributed by atoms with Gasteiger partial charge in [0, 0.05) is 11.4 Å². The average Bonchev–Trinajstić information content (AvgIpc) is 2.83. The van der Waals surface area contributed by atoms with Gasteiger partial charge in [-0.25, -0.2) is 4.98 Å². The molecule has 2 aromatic rings. The number of aromatic nitrogens is 1. The molecule has 0 spiro atoms. The number of hydrogen-bond donors (Lipinski definition) is 2. The van der Waals surface area contributed by atoms with Gasteiger partial charge in [-0.05, 0) is 43.0 Å². The second-order valence-corrected chi connectivity index (χ2v) is 5.17. The highest BCUT2D eigenvalue weighted by Gasteiger charge is 2.08. The molecule has 5 heteroatoms. The third-order valence-corrected chi connectivity index (χ3v) is 3.78. The molecule has 19 heavy (non-hydrogen) atoms. The van der Waals surface area contributed by atoms with Gasteiger partial charge in [-0.2, -0.15) is 0 Å². The molecule has 0 radical (unpaired) electrons. The van der Waals surface area contributed by atoms with Crippen molar-refractivity contribution in [3.05, 3.63) is 45.9 Å². The number of anilines is 1. The molecule has 0 saturated heterocycles. The van der Waals surface area contributed by atoms with E-state index >= 15 is 0 Å². The predicted octanol–water partition coefficient (Wildman–Crippen LogP) is 2.81. The Morgan fingerprint density at radius 2 is 2.21 bits per heavy atom.